The zero-order valence-electron chi connectivity index (χ0n) is 18.8. The first-order chi connectivity index (χ1) is 15.8. The molecule has 2 saturated heterocycles. The van der Waals surface area contributed by atoms with Crippen LogP contribution in [0.2, 0.25) is 15.1 Å². The van der Waals surface area contributed by atoms with Gasteiger partial charge in [0.15, 0.2) is 5.82 Å². The van der Waals surface area contributed by atoms with Crippen molar-refractivity contribution in [2.24, 2.45) is 5.92 Å². The van der Waals surface area contributed by atoms with E-state index in [0.717, 1.165) is 51.0 Å². The highest BCUT2D eigenvalue weighted by Crippen LogP contribution is 2.31. The average molecular weight is 512 g/mol. The summed E-state index contributed by atoms with van der Waals surface area (Å²) < 4.78 is 0. The fourth-order valence-electron chi connectivity index (χ4n) is 4.44. The molecule has 0 radical (unpaired) electrons. The number of piperidine rings is 1. The van der Waals surface area contributed by atoms with E-state index in [1.54, 1.807) is 12.3 Å². The van der Waals surface area contributed by atoms with Crippen molar-refractivity contribution in [2.75, 3.05) is 43.4 Å². The summed E-state index contributed by atoms with van der Waals surface area (Å²) in [6.45, 7) is 5.37. The summed E-state index contributed by atoms with van der Waals surface area (Å²) in [7, 11) is 2.06. The van der Waals surface area contributed by atoms with Crippen LogP contribution in [0.3, 0.4) is 0 Å². The monoisotopic (exact) mass is 510 g/mol. The largest absolute Gasteiger partial charge is 0.362 e. The van der Waals surface area contributed by atoms with Crippen molar-refractivity contribution in [2.45, 2.75) is 38.3 Å². The molecule has 0 spiro atoms. The zero-order valence-corrected chi connectivity index (χ0v) is 21.1. The lowest BCUT2D eigenvalue weighted by Crippen LogP contribution is -2.47. The molecule has 0 saturated carbocycles. The van der Waals surface area contributed by atoms with Gasteiger partial charge in [-0.05, 0) is 57.5 Å². The summed E-state index contributed by atoms with van der Waals surface area (Å²) in [4.78, 5) is 26.0. The second-order valence-electron chi connectivity index (χ2n) is 8.92. The van der Waals surface area contributed by atoms with Crippen molar-refractivity contribution in [1.29, 1.82) is 0 Å². The number of halogens is 3. The Hall–Kier alpha value is -1.80. The molecule has 1 aromatic carbocycles. The van der Waals surface area contributed by atoms with Crippen molar-refractivity contribution in [3.8, 4) is 0 Å². The lowest BCUT2D eigenvalue weighted by Gasteiger charge is -2.33. The first-order valence-corrected chi connectivity index (χ1v) is 12.4. The van der Waals surface area contributed by atoms with Gasteiger partial charge in [-0.3, -0.25) is 4.79 Å². The summed E-state index contributed by atoms with van der Waals surface area (Å²) in [6.07, 6.45) is 4.28. The Morgan fingerprint density at radius 2 is 1.88 bits per heavy atom. The SMILES string of the molecule is C[C@@H](Nc1nc(N2CCC(NC(=O)[C@@H]3CCN(C)C3)CC2)ncc1Cl)c1ccc(Cl)cc1Cl. The van der Waals surface area contributed by atoms with Crippen molar-refractivity contribution >= 4 is 52.5 Å². The molecule has 10 heteroatoms. The van der Waals surface area contributed by atoms with Crippen LogP contribution in [0, 0.1) is 5.92 Å². The van der Waals surface area contributed by atoms with Gasteiger partial charge in [-0.25, -0.2) is 4.98 Å². The molecule has 2 fully saturated rings. The Morgan fingerprint density at radius 1 is 1.12 bits per heavy atom. The van der Waals surface area contributed by atoms with Crippen LogP contribution in [0.1, 0.15) is 37.8 Å². The van der Waals surface area contributed by atoms with E-state index in [0.29, 0.717) is 26.8 Å². The Labute approximate surface area is 209 Å². The van der Waals surface area contributed by atoms with Crippen LogP contribution in [-0.2, 0) is 4.79 Å². The number of amides is 1. The van der Waals surface area contributed by atoms with Crippen molar-refractivity contribution in [3.63, 3.8) is 0 Å². The van der Waals surface area contributed by atoms with Gasteiger partial charge in [-0.15, -0.1) is 0 Å². The molecule has 3 heterocycles. The molecule has 4 rings (SSSR count). The van der Waals surface area contributed by atoms with Gasteiger partial charge in [-0.1, -0.05) is 40.9 Å². The molecule has 2 atom stereocenters. The van der Waals surface area contributed by atoms with E-state index >= 15 is 0 Å². The Morgan fingerprint density at radius 3 is 2.55 bits per heavy atom. The van der Waals surface area contributed by atoms with Gasteiger partial charge in [0.25, 0.3) is 0 Å². The number of nitrogens with one attached hydrogen (secondary N) is 2. The van der Waals surface area contributed by atoms with E-state index in [4.69, 9.17) is 34.8 Å². The molecule has 2 aliphatic rings. The number of hydrogen-bond donors (Lipinski definition) is 2. The number of likely N-dealkylation sites (tertiary alicyclic amines) is 1. The number of rotatable bonds is 6. The maximum Gasteiger partial charge on any atom is 0.227 e. The predicted molar refractivity (Wildman–Crippen MR) is 135 cm³/mol. The van der Waals surface area contributed by atoms with Crippen molar-refractivity contribution in [1.82, 2.24) is 20.2 Å². The van der Waals surface area contributed by atoms with Crippen LogP contribution in [0.25, 0.3) is 0 Å². The Bertz CT molecular complexity index is 998. The summed E-state index contributed by atoms with van der Waals surface area (Å²) in [5.41, 5.74) is 0.905. The van der Waals surface area contributed by atoms with Crippen LogP contribution in [0.5, 0.6) is 0 Å². The van der Waals surface area contributed by atoms with Gasteiger partial charge in [0.2, 0.25) is 11.9 Å². The van der Waals surface area contributed by atoms with Crippen molar-refractivity contribution < 1.29 is 4.79 Å². The van der Waals surface area contributed by atoms with Gasteiger partial charge < -0.3 is 20.4 Å². The molecule has 0 bridgehead atoms. The summed E-state index contributed by atoms with van der Waals surface area (Å²) in [6, 6.07) is 5.49. The highest BCUT2D eigenvalue weighted by molar-refractivity contribution is 6.35. The molecule has 1 amide bonds. The molecule has 2 aromatic rings. The zero-order chi connectivity index (χ0) is 23.5. The fourth-order valence-corrected chi connectivity index (χ4v) is 5.16. The topological polar surface area (TPSA) is 73.4 Å². The smallest absolute Gasteiger partial charge is 0.227 e. The minimum Gasteiger partial charge on any atom is -0.362 e. The molecular formula is C23H29Cl3N6O. The molecule has 1 aromatic heterocycles. The van der Waals surface area contributed by atoms with Crippen LogP contribution >= 0.6 is 34.8 Å². The lowest BCUT2D eigenvalue weighted by molar-refractivity contribution is -0.125. The van der Waals surface area contributed by atoms with Gasteiger partial charge in [0.1, 0.15) is 5.02 Å². The van der Waals surface area contributed by atoms with E-state index in [1.807, 2.05) is 19.1 Å². The fraction of sp³-hybridized carbons (Fsp3) is 0.522. The minimum absolute atomic E-state index is 0.109. The third-order valence-electron chi connectivity index (χ3n) is 6.40. The van der Waals surface area contributed by atoms with Gasteiger partial charge in [-0.2, -0.15) is 4.98 Å². The normalized spacial score (nSPS) is 20.6. The highest BCUT2D eigenvalue weighted by atomic mass is 35.5. The highest BCUT2D eigenvalue weighted by Gasteiger charge is 2.29. The summed E-state index contributed by atoms with van der Waals surface area (Å²) in [5.74, 6) is 1.47. The van der Waals surface area contributed by atoms with Gasteiger partial charge in [0.05, 0.1) is 18.2 Å². The molecule has 178 valence electrons. The molecule has 2 aliphatic heterocycles. The second-order valence-corrected chi connectivity index (χ2v) is 10.2. The first kappa shape index (κ1) is 24.3. The van der Waals surface area contributed by atoms with E-state index in [2.05, 4.69) is 37.4 Å². The number of hydrogen-bond acceptors (Lipinski definition) is 6. The molecule has 33 heavy (non-hydrogen) atoms. The van der Waals surface area contributed by atoms with E-state index in [9.17, 15) is 4.79 Å². The number of nitrogens with zero attached hydrogens (tertiary/aromatic N) is 4. The molecular weight excluding hydrogens is 483 g/mol. The Kier molecular flexibility index (Phi) is 7.84. The number of anilines is 2. The number of carbonyl (C=O) groups excluding carboxylic acids is 1. The van der Waals surface area contributed by atoms with Crippen LogP contribution in [0.15, 0.2) is 24.4 Å². The first-order valence-electron chi connectivity index (χ1n) is 11.3. The average Bonchev–Trinajstić information content (AvgIpc) is 3.22. The van der Waals surface area contributed by atoms with E-state index in [-0.39, 0.29) is 23.9 Å². The molecule has 0 unspecified atom stereocenters. The summed E-state index contributed by atoms with van der Waals surface area (Å²) >= 11 is 18.7. The quantitative estimate of drug-likeness (QED) is 0.588. The van der Waals surface area contributed by atoms with E-state index in [1.165, 1.54) is 0 Å². The van der Waals surface area contributed by atoms with E-state index < -0.39 is 0 Å². The minimum atomic E-state index is -0.120. The van der Waals surface area contributed by atoms with Crippen LogP contribution < -0.4 is 15.5 Å². The third kappa shape index (κ3) is 6.01. The summed E-state index contributed by atoms with van der Waals surface area (Å²) in [5, 5.41) is 8.20. The predicted octanol–water partition coefficient (Wildman–Crippen LogP) is 4.65. The van der Waals surface area contributed by atoms with Gasteiger partial charge in [0, 0.05) is 35.7 Å². The lowest BCUT2D eigenvalue weighted by atomic mass is 10.0. The Balaban J connectivity index is 1.35. The van der Waals surface area contributed by atoms with Gasteiger partial charge >= 0.3 is 0 Å². The van der Waals surface area contributed by atoms with Crippen LogP contribution in [-0.4, -0.2) is 60.0 Å². The van der Waals surface area contributed by atoms with Crippen LogP contribution in [0.4, 0.5) is 11.8 Å². The number of carbonyl (C=O) groups is 1. The molecule has 0 aliphatic carbocycles. The maximum atomic E-state index is 12.5. The molecule has 2 N–H and O–H groups in total. The van der Waals surface area contributed by atoms with Crippen molar-refractivity contribution in [3.05, 3.63) is 45.0 Å². The number of benzene rings is 1. The standard InChI is InChI=1S/C23H29Cl3N6O/c1-14(18-4-3-16(24)11-19(18)25)28-21-20(26)12-27-23(30-21)32-9-6-17(7-10-32)29-22(33)15-5-8-31(2)13-15/h3-4,11-12,14-15,17H,5-10,13H2,1-2H3,(H,29,33)(H,27,28,30)/t14-,15-/m1/s1. The molecule has 7 nitrogen and oxygen atoms in total. The number of aromatic nitrogens is 2. The maximum absolute atomic E-state index is 12.5. The second kappa shape index (κ2) is 10.6. The third-order valence-corrected chi connectivity index (χ3v) is 7.24.